The van der Waals surface area contributed by atoms with Crippen LogP contribution in [-0.2, 0) is 9.53 Å². The van der Waals surface area contributed by atoms with Crippen LogP contribution in [0.25, 0.3) is 0 Å². The van der Waals surface area contributed by atoms with Gasteiger partial charge in [0, 0.05) is 51.9 Å². The third kappa shape index (κ3) is 5.14. The Kier molecular flexibility index (Phi) is 6.74. The Morgan fingerprint density at radius 2 is 1.96 bits per heavy atom. The molecule has 6 nitrogen and oxygen atoms in total. The predicted octanol–water partition coefficient (Wildman–Crippen LogP) is 2.66. The number of halogens is 2. The maximum Gasteiger partial charge on any atom is 0.219 e. The van der Waals surface area contributed by atoms with Crippen LogP contribution in [0.1, 0.15) is 36.4 Å². The van der Waals surface area contributed by atoms with E-state index >= 15 is 0 Å². The standard InChI is InChI=1S/C20H26F2N4O2/c1-14-12-19(24-23-14)20(16-4-5-17(21)18(22)13-16)28-11-3-6-25-7-9-26(10-8-25)15(2)27/h4-5,12-13,20H,3,6-11H2,1-2H3,(H,23,24). The van der Waals surface area contributed by atoms with Crippen molar-refractivity contribution < 1.29 is 18.3 Å². The number of aryl methyl sites for hydroxylation is 1. The van der Waals surface area contributed by atoms with Crippen molar-refractivity contribution in [2.75, 3.05) is 39.3 Å². The third-order valence-corrected chi connectivity index (χ3v) is 4.96. The highest BCUT2D eigenvalue weighted by atomic mass is 19.2. The summed E-state index contributed by atoms with van der Waals surface area (Å²) in [7, 11) is 0. The van der Waals surface area contributed by atoms with E-state index < -0.39 is 17.7 Å². The van der Waals surface area contributed by atoms with E-state index in [1.54, 1.807) is 6.92 Å². The summed E-state index contributed by atoms with van der Waals surface area (Å²) in [5.41, 5.74) is 2.04. The van der Waals surface area contributed by atoms with Gasteiger partial charge in [-0.3, -0.25) is 14.8 Å². The first-order valence-corrected chi connectivity index (χ1v) is 9.50. The van der Waals surface area contributed by atoms with Gasteiger partial charge in [-0.15, -0.1) is 0 Å². The van der Waals surface area contributed by atoms with Crippen molar-refractivity contribution in [3.8, 4) is 0 Å². The van der Waals surface area contributed by atoms with E-state index in [9.17, 15) is 13.6 Å². The monoisotopic (exact) mass is 392 g/mol. The number of H-pyrrole nitrogens is 1. The number of benzene rings is 1. The molecule has 8 heteroatoms. The van der Waals surface area contributed by atoms with E-state index in [4.69, 9.17) is 4.74 Å². The van der Waals surface area contributed by atoms with Gasteiger partial charge in [0.1, 0.15) is 6.10 Å². The highest BCUT2D eigenvalue weighted by Gasteiger charge is 2.21. The minimum absolute atomic E-state index is 0.117. The number of piperazine rings is 1. The van der Waals surface area contributed by atoms with Gasteiger partial charge in [-0.25, -0.2) is 8.78 Å². The zero-order valence-electron chi connectivity index (χ0n) is 16.3. The number of carbonyl (C=O) groups excluding carboxylic acids is 1. The molecule has 0 bridgehead atoms. The lowest BCUT2D eigenvalue weighted by Crippen LogP contribution is -2.48. The summed E-state index contributed by atoms with van der Waals surface area (Å²) in [5, 5.41) is 7.09. The van der Waals surface area contributed by atoms with Gasteiger partial charge in [0.2, 0.25) is 5.91 Å². The minimum atomic E-state index is -0.901. The molecule has 1 fully saturated rings. The second-order valence-corrected chi connectivity index (χ2v) is 7.10. The summed E-state index contributed by atoms with van der Waals surface area (Å²) in [6.07, 6.45) is 0.235. The van der Waals surface area contributed by atoms with Crippen molar-refractivity contribution in [2.45, 2.75) is 26.4 Å². The fourth-order valence-electron chi connectivity index (χ4n) is 3.38. The summed E-state index contributed by atoms with van der Waals surface area (Å²) in [4.78, 5) is 15.5. The fraction of sp³-hybridized carbons (Fsp3) is 0.500. The van der Waals surface area contributed by atoms with Crippen molar-refractivity contribution in [1.29, 1.82) is 0 Å². The first-order chi connectivity index (χ1) is 13.4. The fourth-order valence-corrected chi connectivity index (χ4v) is 3.38. The molecular weight excluding hydrogens is 366 g/mol. The third-order valence-electron chi connectivity index (χ3n) is 4.96. The molecule has 28 heavy (non-hydrogen) atoms. The SMILES string of the molecule is CC(=O)N1CCN(CCCOC(c2ccc(F)c(F)c2)c2cc(C)[nH]n2)CC1. The van der Waals surface area contributed by atoms with Crippen LogP contribution in [-0.4, -0.2) is 65.2 Å². The van der Waals surface area contributed by atoms with Gasteiger partial charge >= 0.3 is 0 Å². The summed E-state index contributed by atoms with van der Waals surface area (Å²) < 4.78 is 33.0. The highest BCUT2D eigenvalue weighted by molar-refractivity contribution is 5.73. The summed E-state index contributed by atoms with van der Waals surface area (Å²) in [6, 6.07) is 5.63. The molecule has 0 saturated carbocycles. The average Bonchev–Trinajstić information content (AvgIpc) is 3.10. The number of aromatic nitrogens is 2. The van der Waals surface area contributed by atoms with Gasteiger partial charge in [0.25, 0.3) is 0 Å². The Morgan fingerprint density at radius 1 is 1.21 bits per heavy atom. The predicted molar refractivity (Wildman–Crippen MR) is 101 cm³/mol. The highest BCUT2D eigenvalue weighted by Crippen LogP contribution is 2.26. The van der Waals surface area contributed by atoms with Crippen molar-refractivity contribution in [3.05, 3.63) is 52.9 Å². The van der Waals surface area contributed by atoms with Gasteiger partial charge in [0.15, 0.2) is 11.6 Å². The molecular formula is C20H26F2N4O2. The topological polar surface area (TPSA) is 61.5 Å². The number of hydrogen-bond donors (Lipinski definition) is 1. The summed E-state index contributed by atoms with van der Waals surface area (Å²) in [6.45, 7) is 7.99. The Morgan fingerprint density at radius 3 is 2.57 bits per heavy atom. The molecule has 0 radical (unpaired) electrons. The first kappa shape index (κ1) is 20.4. The van der Waals surface area contributed by atoms with E-state index in [1.165, 1.54) is 6.07 Å². The van der Waals surface area contributed by atoms with Crippen LogP contribution in [0.4, 0.5) is 8.78 Å². The van der Waals surface area contributed by atoms with Crippen LogP contribution in [0.3, 0.4) is 0 Å². The number of aromatic amines is 1. The maximum absolute atomic E-state index is 13.7. The molecule has 2 heterocycles. The zero-order valence-corrected chi connectivity index (χ0v) is 16.3. The number of nitrogens with one attached hydrogen (secondary N) is 1. The molecule has 1 aliphatic rings. The Labute approximate surface area is 163 Å². The number of amides is 1. The Bertz CT molecular complexity index is 803. The molecule has 1 unspecified atom stereocenters. The van der Waals surface area contributed by atoms with Crippen LogP contribution in [0, 0.1) is 18.6 Å². The van der Waals surface area contributed by atoms with E-state index in [0.29, 0.717) is 17.9 Å². The molecule has 1 amide bonds. The number of carbonyl (C=O) groups is 1. The van der Waals surface area contributed by atoms with Gasteiger partial charge in [0.05, 0.1) is 5.69 Å². The van der Waals surface area contributed by atoms with E-state index in [1.807, 2.05) is 17.9 Å². The number of nitrogens with zero attached hydrogens (tertiary/aromatic N) is 3. The van der Waals surface area contributed by atoms with Crippen LogP contribution in [0.15, 0.2) is 24.3 Å². The zero-order chi connectivity index (χ0) is 20.1. The van der Waals surface area contributed by atoms with Crippen LogP contribution < -0.4 is 0 Å². The maximum atomic E-state index is 13.7. The van der Waals surface area contributed by atoms with Crippen molar-refractivity contribution >= 4 is 5.91 Å². The molecule has 0 spiro atoms. The Balaban J connectivity index is 1.55. The second kappa shape index (κ2) is 9.25. The lowest BCUT2D eigenvalue weighted by Gasteiger charge is -2.34. The van der Waals surface area contributed by atoms with Gasteiger partial charge in [-0.05, 0) is 37.1 Å². The van der Waals surface area contributed by atoms with Crippen molar-refractivity contribution in [1.82, 2.24) is 20.0 Å². The normalized spacial score (nSPS) is 16.4. The first-order valence-electron chi connectivity index (χ1n) is 9.50. The lowest BCUT2D eigenvalue weighted by molar-refractivity contribution is -0.130. The molecule has 1 aromatic carbocycles. The quantitative estimate of drug-likeness (QED) is 0.736. The smallest absolute Gasteiger partial charge is 0.219 e. The second-order valence-electron chi connectivity index (χ2n) is 7.10. The molecule has 1 saturated heterocycles. The molecule has 1 aromatic heterocycles. The van der Waals surface area contributed by atoms with Crippen molar-refractivity contribution in [3.63, 3.8) is 0 Å². The van der Waals surface area contributed by atoms with E-state index in [0.717, 1.165) is 57.0 Å². The average molecular weight is 392 g/mol. The Hall–Kier alpha value is -2.32. The number of ether oxygens (including phenoxy) is 1. The van der Waals surface area contributed by atoms with Crippen LogP contribution in [0.5, 0.6) is 0 Å². The van der Waals surface area contributed by atoms with Gasteiger partial charge in [-0.1, -0.05) is 6.07 Å². The lowest BCUT2D eigenvalue weighted by atomic mass is 10.1. The molecule has 2 aromatic rings. The van der Waals surface area contributed by atoms with Crippen LogP contribution >= 0.6 is 0 Å². The summed E-state index contributed by atoms with van der Waals surface area (Å²) >= 11 is 0. The minimum Gasteiger partial charge on any atom is -0.367 e. The van der Waals surface area contributed by atoms with E-state index in [2.05, 4.69) is 15.1 Å². The molecule has 1 aliphatic heterocycles. The number of rotatable bonds is 7. The number of hydrogen-bond acceptors (Lipinski definition) is 4. The summed E-state index contributed by atoms with van der Waals surface area (Å²) in [5.74, 6) is -1.67. The van der Waals surface area contributed by atoms with E-state index in [-0.39, 0.29) is 5.91 Å². The molecule has 1 atom stereocenters. The van der Waals surface area contributed by atoms with Gasteiger partial charge < -0.3 is 9.64 Å². The van der Waals surface area contributed by atoms with Gasteiger partial charge in [-0.2, -0.15) is 5.10 Å². The van der Waals surface area contributed by atoms with Crippen LogP contribution in [0.2, 0.25) is 0 Å². The molecule has 1 N–H and O–H groups in total. The molecule has 3 rings (SSSR count). The van der Waals surface area contributed by atoms with Crippen molar-refractivity contribution in [2.24, 2.45) is 0 Å². The largest absolute Gasteiger partial charge is 0.367 e. The molecule has 152 valence electrons. The molecule has 0 aliphatic carbocycles.